The van der Waals surface area contributed by atoms with Gasteiger partial charge in [-0.15, -0.1) is 0 Å². The van der Waals surface area contributed by atoms with Gasteiger partial charge in [-0.1, -0.05) is 62.4 Å². The van der Waals surface area contributed by atoms with Crippen LogP contribution in [0.3, 0.4) is 0 Å². The van der Waals surface area contributed by atoms with Crippen LogP contribution in [0.5, 0.6) is 11.5 Å². The van der Waals surface area contributed by atoms with E-state index in [2.05, 4.69) is 0 Å². The van der Waals surface area contributed by atoms with E-state index < -0.39 is 0 Å². The minimum absolute atomic E-state index is 0.218. The Kier molecular flexibility index (Phi) is 4.70. The van der Waals surface area contributed by atoms with E-state index in [1.54, 1.807) is 0 Å². The molecule has 0 aliphatic heterocycles. The van der Waals surface area contributed by atoms with Gasteiger partial charge in [0.15, 0.2) is 0 Å². The Hall–Kier alpha value is -3.04. The molecular formula is C25H25NO2. The summed E-state index contributed by atoms with van der Waals surface area (Å²) in [6.07, 6.45) is 1.38. The van der Waals surface area contributed by atoms with Crippen molar-refractivity contribution in [3.05, 3.63) is 71.3 Å². The average molecular weight is 371 g/mol. The van der Waals surface area contributed by atoms with Gasteiger partial charge in [-0.3, -0.25) is 0 Å². The molecule has 3 heteroatoms. The third-order valence-corrected chi connectivity index (χ3v) is 5.70. The zero-order valence-corrected chi connectivity index (χ0v) is 16.3. The van der Waals surface area contributed by atoms with E-state index in [0.717, 1.165) is 38.2 Å². The SMILES string of the molecule is CCc1cc2ccccc2c(-c2c(O)c(CC)c(CN)c3ccccc23)c1O. The monoisotopic (exact) mass is 371 g/mol. The summed E-state index contributed by atoms with van der Waals surface area (Å²) in [4.78, 5) is 0. The standard InChI is InChI=1S/C25H25NO2/c1-3-15-13-16-9-5-6-10-18(16)22(24(15)27)23-20-12-8-7-11-19(20)21(14-26)17(4-2)25(23)28/h5-13,27-28H,3-4,14,26H2,1-2H3. The highest BCUT2D eigenvalue weighted by molar-refractivity contribution is 6.11. The molecular weight excluding hydrogens is 346 g/mol. The van der Waals surface area contributed by atoms with Crippen LogP contribution in [-0.2, 0) is 19.4 Å². The van der Waals surface area contributed by atoms with Crippen molar-refractivity contribution in [2.24, 2.45) is 5.73 Å². The number of rotatable bonds is 4. The van der Waals surface area contributed by atoms with Crippen molar-refractivity contribution >= 4 is 21.5 Å². The topological polar surface area (TPSA) is 66.5 Å². The number of aryl methyl sites for hydroxylation is 1. The summed E-state index contributed by atoms with van der Waals surface area (Å²) >= 11 is 0. The minimum atomic E-state index is 0.218. The zero-order valence-electron chi connectivity index (χ0n) is 16.3. The summed E-state index contributed by atoms with van der Waals surface area (Å²) in [5, 5.41) is 26.4. The first-order chi connectivity index (χ1) is 13.6. The predicted octanol–water partition coefficient (Wildman–Crippen LogP) is 5.65. The quantitative estimate of drug-likeness (QED) is 0.434. The van der Waals surface area contributed by atoms with E-state index >= 15 is 0 Å². The molecule has 4 aromatic carbocycles. The Bertz CT molecular complexity index is 1190. The van der Waals surface area contributed by atoms with E-state index in [-0.39, 0.29) is 11.5 Å². The van der Waals surface area contributed by atoms with Crippen LogP contribution in [0, 0.1) is 0 Å². The Labute approximate surface area is 165 Å². The molecule has 4 aromatic rings. The number of aromatic hydroxyl groups is 2. The first-order valence-corrected chi connectivity index (χ1v) is 9.81. The first kappa shape index (κ1) is 18.3. The normalized spacial score (nSPS) is 11.4. The first-order valence-electron chi connectivity index (χ1n) is 9.81. The fraction of sp³-hybridized carbons (Fsp3) is 0.200. The van der Waals surface area contributed by atoms with Gasteiger partial charge in [0.05, 0.1) is 0 Å². The van der Waals surface area contributed by atoms with E-state index in [4.69, 9.17) is 5.73 Å². The largest absolute Gasteiger partial charge is 0.507 e. The van der Waals surface area contributed by atoms with Gasteiger partial charge < -0.3 is 15.9 Å². The number of phenolic OH excluding ortho intramolecular Hbond substituents is 2. The highest BCUT2D eigenvalue weighted by atomic mass is 16.3. The molecule has 3 nitrogen and oxygen atoms in total. The molecule has 142 valence electrons. The van der Waals surface area contributed by atoms with Gasteiger partial charge in [0.2, 0.25) is 0 Å². The molecule has 4 N–H and O–H groups in total. The van der Waals surface area contributed by atoms with Crippen molar-refractivity contribution in [1.82, 2.24) is 0 Å². The van der Waals surface area contributed by atoms with Crippen LogP contribution in [0.1, 0.15) is 30.5 Å². The summed E-state index contributed by atoms with van der Waals surface area (Å²) in [6, 6.07) is 18.0. The van der Waals surface area contributed by atoms with Crippen molar-refractivity contribution < 1.29 is 10.2 Å². The van der Waals surface area contributed by atoms with E-state index in [1.165, 1.54) is 0 Å². The van der Waals surface area contributed by atoms with Crippen LogP contribution in [0.2, 0.25) is 0 Å². The van der Waals surface area contributed by atoms with E-state index in [0.29, 0.717) is 30.5 Å². The minimum Gasteiger partial charge on any atom is -0.507 e. The smallest absolute Gasteiger partial charge is 0.127 e. The molecule has 28 heavy (non-hydrogen) atoms. The lowest BCUT2D eigenvalue weighted by molar-refractivity contribution is 0.463. The number of nitrogens with two attached hydrogens (primary N) is 1. The van der Waals surface area contributed by atoms with Crippen molar-refractivity contribution in [2.75, 3.05) is 0 Å². The van der Waals surface area contributed by atoms with Gasteiger partial charge in [-0.25, -0.2) is 0 Å². The van der Waals surface area contributed by atoms with Crippen molar-refractivity contribution in [3.8, 4) is 22.6 Å². The highest BCUT2D eigenvalue weighted by Gasteiger charge is 2.23. The second kappa shape index (κ2) is 7.17. The number of hydrogen-bond acceptors (Lipinski definition) is 3. The van der Waals surface area contributed by atoms with Gasteiger partial charge in [0, 0.05) is 17.7 Å². The van der Waals surface area contributed by atoms with E-state index in [1.807, 2.05) is 68.4 Å². The number of phenols is 2. The number of fused-ring (bicyclic) bond motifs is 2. The maximum absolute atomic E-state index is 11.3. The summed E-state index contributed by atoms with van der Waals surface area (Å²) in [5.41, 5.74) is 10.1. The molecule has 0 amide bonds. The molecule has 0 spiro atoms. The fourth-order valence-electron chi connectivity index (χ4n) is 4.33. The van der Waals surface area contributed by atoms with Crippen molar-refractivity contribution in [1.29, 1.82) is 0 Å². The van der Waals surface area contributed by atoms with Gasteiger partial charge in [0.1, 0.15) is 11.5 Å². The van der Waals surface area contributed by atoms with Crippen LogP contribution in [-0.4, -0.2) is 10.2 Å². The maximum Gasteiger partial charge on any atom is 0.127 e. The molecule has 0 aliphatic rings. The van der Waals surface area contributed by atoms with Crippen LogP contribution in [0.4, 0.5) is 0 Å². The Morgan fingerprint density at radius 1 is 0.714 bits per heavy atom. The third kappa shape index (κ3) is 2.62. The fourth-order valence-corrected chi connectivity index (χ4v) is 4.33. The summed E-state index contributed by atoms with van der Waals surface area (Å²) < 4.78 is 0. The Morgan fingerprint density at radius 3 is 1.96 bits per heavy atom. The lowest BCUT2D eigenvalue weighted by Crippen LogP contribution is -2.04. The van der Waals surface area contributed by atoms with Gasteiger partial charge in [0.25, 0.3) is 0 Å². The average Bonchev–Trinajstić information content (AvgIpc) is 2.73. The van der Waals surface area contributed by atoms with Crippen LogP contribution >= 0.6 is 0 Å². The molecule has 0 aliphatic carbocycles. The lowest BCUT2D eigenvalue weighted by Gasteiger charge is -2.21. The molecule has 0 atom stereocenters. The van der Waals surface area contributed by atoms with Gasteiger partial charge in [-0.2, -0.15) is 0 Å². The predicted molar refractivity (Wildman–Crippen MR) is 117 cm³/mol. The second-order valence-corrected chi connectivity index (χ2v) is 7.12. The molecule has 0 bridgehead atoms. The Balaban J connectivity index is 2.26. The molecule has 0 heterocycles. The molecule has 0 unspecified atom stereocenters. The second-order valence-electron chi connectivity index (χ2n) is 7.12. The van der Waals surface area contributed by atoms with Gasteiger partial charge in [-0.05, 0) is 57.1 Å². The number of benzene rings is 4. The maximum atomic E-state index is 11.3. The van der Waals surface area contributed by atoms with E-state index in [9.17, 15) is 10.2 Å². The van der Waals surface area contributed by atoms with Gasteiger partial charge >= 0.3 is 0 Å². The molecule has 0 radical (unpaired) electrons. The summed E-state index contributed by atoms with van der Waals surface area (Å²) in [5.74, 6) is 0.458. The summed E-state index contributed by atoms with van der Waals surface area (Å²) in [6.45, 7) is 4.41. The van der Waals surface area contributed by atoms with Crippen LogP contribution in [0.15, 0.2) is 54.6 Å². The molecule has 4 rings (SSSR count). The highest BCUT2D eigenvalue weighted by Crippen LogP contribution is 2.48. The molecule has 0 saturated carbocycles. The van der Waals surface area contributed by atoms with Crippen LogP contribution in [0.25, 0.3) is 32.7 Å². The number of hydrogen-bond donors (Lipinski definition) is 3. The van der Waals surface area contributed by atoms with Crippen molar-refractivity contribution in [2.45, 2.75) is 33.2 Å². The lowest BCUT2D eigenvalue weighted by atomic mass is 9.85. The molecule has 0 fully saturated rings. The zero-order chi connectivity index (χ0) is 19.8. The third-order valence-electron chi connectivity index (χ3n) is 5.70. The summed E-state index contributed by atoms with van der Waals surface area (Å²) in [7, 11) is 0. The van der Waals surface area contributed by atoms with Crippen molar-refractivity contribution in [3.63, 3.8) is 0 Å². The molecule has 0 aromatic heterocycles. The molecule has 0 saturated heterocycles. The van der Waals surface area contributed by atoms with Crippen LogP contribution < -0.4 is 5.73 Å². The Morgan fingerprint density at radius 2 is 1.32 bits per heavy atom.